The van der Waals surface area contributed by atoms with E-state index in [4.69, 9.17) is 0 Å². The first-order valence-electron chi connectivity index (χ1n) is 5.46. The Morgan fingerprint density at radius 1 is 1.29 bits per heavy atom. The van der Waals surface area contributed by atoms with Gasteiger partial charge < -0.3 is 5.11 Å². The Labute approximate surface area is 85.8 Å². The second-order valence-electron chi connectivity index (χ2n) is 4.47. The molecule has 0 aromatic heterocycles. The van der Waals surface area contributed by atoms with E-state index in [0.717, 1.165) is 12.0 Å². The van der Waals surface area contributed by atoms with Crippen LogP contribution < -0.4 is 0 Å². The minimum Gasteiger partial charge on any atom is -0.385 e. The topological polar surface area (TPSA) is 20.2 Å². The Bertz CT molecular complexity index is 307. The van der Waals surface area contributed by atoms with Gasteiger partial charge in [-0.3, -0.25) is 0 Å². The van der Waals surface area contributed by atoms with Gasteiger partial charge in [-0.15, -0.1) is 0 Å². The van der Waals surface area contributed by atoms with Gasteiger partial charge in [-0.05, 0) is 43.2 Å². The Hall–Kier alpha value is -0.820. The number of hydrogen-bond acceptors (Lipinski definition) is 1. The van der Waals surface area contributed by atoms with E-state index in [2.05, 4.69) is 31.2 Å². The molecule has 2 rings (SSSR count). The molecule has 1 fully saturated rings. The molecule has 0 bridgehead atoms. The molecule has 0 heterocycles. The SMILES string of the molecule is CCc1ccc([C@](C)(O)C2CC2)cc1. The lowest BCUT2D eigenvalue weighted by Crippen LogP contribution is -2.23. The van der Waals surface area contributed by atoms with Crippen molar-refractivity contribution in [2.24, 2.45) is 5.92 Å². The molecule has 76 valence electrons. The van der Waals surface area contributed by atoms with E-state index in [9.17, 15) is 5.11 Å². The molecule has 1 nitrogen and oxygen atoms in total. The molecule has 0 saturated heterocycles. The molecule has 14 heavy (non-hydrogen) atoms. The molecule has 1 aliphatic carbocycles. The maximum Gasteiger partial charge on any atom is 0.0896 e. The van der Waals surface area contributed by atoms with Crippen molar-refractivity contribution in [2.45, 2.75) is 38.7 Å². The molecule has 0 aliphatic heterocycles. The predicted octanol–water partition coefficient (Wildman–Crippen LogP) is 2.87. The van der Waals surface area contributed by atoms with Crippen LogP contribution in [0.1, 0.15) is 37.8 Å². The van der Waals surface area contributed by atoms with Crippen LogP contribution in [-0.4, -0.2) is 5.11 Å². The Balaban J connectivity index is 2.23. The minimum absolute atomic E-state index is 0.481. The molecule has 1 atom stereocenters. The zero-order valence-electron chi connectivity index (χ0n) is 8.96. The smallest absolute Gasteiger partial charge is 0.0896 e. The second-order valence-corrected chi connectivity index (χ2v) is 4.47. The van der Waals surface area contributed by atoms with E-state index in [0.29, 0.717) is 5.92 Å². The molecule has 1 saturated carbocycles. The van der Waals surface area contributed by atoms with Gasteiger partial charge in [0.15, 0.2) is 0 Å². The third kappa shape index (κ3) is 1.69. The van der Waals surface area contributed by atoms with Crippen LogP contribution in [0.3, 0.4) is 0 Å². The van der Waals surface area contributed by atoms with Crippen molar-refractivity contribution >= 4 is 0 Å². The van der Waals surface area contributed by atoms with E-state index in [1.165, 1.54) is 18.4 Å². The fraction of sp³-hybridized carbons (Fsp3) is 0.538. The summed E-state index contributed by atoms with van der Waals surface area (Å²) in [7, 11) is 0. The van der Waals surface area contributed by atoms with Crippen molar-refractivity contribution in [3.63, 3.8) is 0 Å². The van der Waals surface area contributed by atoms with Crippen molar-refractivity contribution in [2.75, 3.05) is 0 Å². The lowest BCUT2D eigenvalue weighted by molar-refractivity contribution is 0.0331. The van der Waals surface area contributed by atoms with Crippen LogP contribution in [0.2, 0.25) is 0 Å². The summed E-state index contributed by atoms with van der Waals surface area (Å²) in [5, 5.41) is 10.3. The van der Waals surface area contributed by atoms with Gasteiger partial charge in [0.2, 0.25) is 0 Å². The molecule has 1 aromatic rings. The number of hydrogen-bond donors (Lipinski definition) is 1. The average Bonchev–Trinajstić information content (AvgIpc) is 3.01. The third-order valence-electron chi connectivity index (χ3n) is 3.32. The first kappa shape index (κ1) is 9.72. The molecular weight excluding hydrogens is 172 g/mol. The van der Waals surface area contributed by atoms with Gasteiger partial charge in [-0.25, -0.2) is 0 Å². The third-order valence-corrected chi connectivity index (χ3v) is 3.32. The van der Waals surface area contributed by atoms with E-state index >= 15 is 0 Å². The average molecular weight is 190 g/mol. The van der Waals surface area contributed by atoms with Gasteiger partial charge >= 0.3 is 0 Å². The number of aliphatic hydroxyl groups is 1. The molecule has 1 N–H and O–H groups in total. The lowest BCUT2D eigenvalue weighted by Gasteiger charge is -2.23. The molecule has 0 spiro atoms. The minimum atomic E-state index is -0.605. The highest BCUT2D eigenvalue weighted by atomic mass is 16.3. The number of aryl methyl sites for hydroxylation is 1. The summed E-state index contributed by atoms with van der Waals surface area (Å²) in [4.78, 5) is 0. The van der Waals surface area contributed by atoms with Gasteiger partial charge in [-0.1, -0.05) is 31.2 Å². The second kappa shape index (κ2) is 3.39. The van der Waals surface area contributed by atoms with Crippen LogP contribution >= 0.6 is 0 Å². The fourth-order valence-corrected chi connectivity index (χ4v) is 1.96. The van der Waals surface area contributed by atoms with Crippen molar-refractivity contribution in [3.05, 3.63) is 35.4 Å². The van der Waals surface area contributed by atoms with Crippen LogP contribution in [0.5, 0.6) is 0 Å². The van der Waals surface area contributed by atoms with Crippen molar-refractivity contribution in [3.8, 4) is 0 Å². The number of benzene rings is 1. The Morgan fingerprint density at radius 3 is 2.29 bits per heavy atom. The summed E-state index contributed by atoms with van der Waals surface area (Å²) >= 11 is 0. The zero-order chi connectivity index (χ0) is 10.2. The summed E-state index contributed by atoms with van der Waals surface area (Å²) in [6, 6.07) is 8.37. The molecule has 0 radical (unpaired) electrons. The van der Waals surface area contributed by atoms with E-state index in [-0.39, 0.29) is 0 Å². The molecule has 0 amide bonds. The van der Waals surface area contributed by atoms with Crippen LogP contribution in [0.25, 0.3) is 0 Å². The molecule has 0 unspecified atom stereocenters. The van der Waals surface area contributed by atoms with Crippen LogP contribution in [-0.2, 0) is 12.0 Å². The number of rotatable bonds is 3. The van der Waals surface area contributed by atoms with Crippen LogP contribution in [0, 0.1) is 5.92 Å². The van der Waals surface area contributed by atoms with E-state index in [1.807, 2.05) is 6.92 Å². The normalized spacial score (nSPS) is 20.5. The van der Waals surface area contributed by atoms with Crippen molar-refractivity contribution in [1.29, 1.82) is 0 Å². The first-order chi connectivity index (χ1) is 6.64. The van der Waals surface area contributed by atoms with Crippen molar-refractivity contribution in [1.82, 2.24) is 0 Å². The maximum absolute atomic E-state index is 10.3. The fourth-order valence-electron chi connectivity index (χ4n) is 1.96. The maximum atomic E-state index is 10.3. The van der Waals surface area contributed by atoms with E-state index in [1.54, 1.807) is 0 Å². The quantitative estimate of drug-likeness (QED) is 0.777. The predicted molar refractivity (Wildman–Crippen MR) is 58.1 cm³/mol. The van der Waals surface area contributed by atoms with Crippen molar-refractivity contribution < 1.29 is 5.11 Å². The van der Waals surface area contributed by atoms with Gasteiger partial charge in [-0.2, -0.15) is 0 Å². The van der Waals surface area contributed by atoms with Crippen LogP contribution in [0.15, 0.2) is 24.3 Å². The highest BCUT2D eigenvalue weighted by molar-refractivity contribution is 5.28. The first-order valence-corrected chi connectivity index (χ1v) is 5.46. The Morgan fingerprint density at radius 2 is 1.86 bits per heavy atom. The summed E-state index contributed by atoms with van der Waals surface area (Å²) in [6.07, 6.45) is 3.40. The molecule has 1 aliphatic rings. The van der Waals surface area contributed by atoms with Gasteiger partial charge in [0.1, 0.15) is 0 Å². The molecular formula is C13H18O. The lowest BCUT2D eigenvalue weighted by atomic mass is 9.90. The summed E-state index contributed by atoms with van der Waals surface area (Å²) in [6.45, 7) is 4.08. The highest BCUT2D eigenvalue weighted by Gasteiger charge is 2.40. The zero-order valence-corrected chi connectivity index (χ0v) is 8.96. The van der Waals surface area contributed by atoms with Crippen LogP contribution in [0.4, 0.5) is 0 Å². The Kier molecular flexibility index (Phi) is 2.36. The largest absolute Gasteiger partial charge is 0.385 e. The molecule has 1 aromatic carbocycles. The standard InChI is InChI=1S/C13H18O/c1-3-10-4-6-11(7-5-10)13(2,14)12-8-9-12/h4-7,12,14H,3,8-9H2,1-2H3/t13-/m0/s1. The summed E-state index contributed by atoms with van der Waals surface area (Å²) < 4.78 is 0. The van der Waals surface area contributed by atoms with Gasteiger partial charge in [0.25, 0.3) is 0 Å². The summed E-state index contributed by atoms with van der Waals surface area (Å²) in [5.41, 5.74) is 1.80. The highest BCUT2D eigenvalue weighted by Crippen LogP contribution is 2.45. The van der Waals surface area contributed by atoms with E-state index < -0.39 is 5.60 Å². The van der Waals surface area contributed by atoms with Gasteiger partial charge in [0, 0.05) is 0 Å². The van der Waals surface area contributed by atoms with Gasteiger partial charge in [0.05, 0.1) is 5.60 Å². The molecule has 1 heteroatoms. The monoisotopic (exact) mass is 190 g/mol. The summed E-state index contributed by atoms with van der Waals surface area (Å²) in [5.74, 6) is 0.481.